The Balaban J connectivity index is 2.35. The van der Waals surface area contributed by atoms with Crippen LogP contribution in [0.5, 0.6) is 0 Å². The van der Waals surface area contributed by atoms with Crippen molar-refractivity contribution in [2.45, 2.75) is 173 Å². The van der Waals surface area contributed by atoms with Crippen LogP contribution >= 0.6 is 7.82 Å². The number of esters is 2. The summed E-state index contributed by atoms with van der Waals surface area (Å²) >= 11 is 0. The fourth-order valence-corrected chi connectivity index (χ4v) is 6.48. The number of ether oxygens (including phenoxy) is 2. The summed E-state index contributed by atoms with van der Waals surface area (Å²) in [5.41, 5.74) is 0. The van der Waals surface area contributed by atoms with E-state index < -0.39 is 50.6 Å². The van der Waals surface area contributed by atoms with Gasteiger partial charge in [-0.05, 0) is 32.1 Å². The van der Waals surface area contributed by atoms with Gasteiger partial charge >= 0.3 is 19.8 Å². The van der Waals surface area contributed by atoms with Crippen molar-refractivity contribution >= 4 is 25.5 Å². The summed E-state index contributed by atoms with van der Waals surface area (Å²) in [6.07, 6.45) is 24.1. The molecule has 0 aliphatic heterocycles. The van der Waals surface area contributed by atoms with E-state index in [1.54, 1.807) is 12.2 Å². The predicted octanol–water partition coefficient (Wildman–Crippen LogP) is 7.82. The van der Waals surface area contributed by atoms with Crippen molar-refractivity contribution in [2.24, 2.45) is 11.8 Å². The largest absolute Gasteiger partial charge is 0.469 e. The number of hydrogen-bond acceptors (Lipinski definition) is 9. The maximum atomic E-state index is 12.4. The summed E-state index contributed by atoms with van der Waals surface area (Å²) in [4.78, 5) is 55.3. The van der Waals surface area contributed by atoms with Gasteiger partial charge in [0.25, 0.3) is 0 Å². The van der Waals surface area contributed by atoms with Crippen LogP contribution in [0.1, 0.15) is 155 Å². The molecule has 290 valence electrons. The van der Waals surface area contributed by atoms with Crippen LogP contribution in [0.2, 0.25) is 0 Å². The lowest BCUT2D eigenvalue weighted by Gasteiger charge is -2.18. The van der Waals surface area contributed by atoms with Gasteiger partial charge in [0.05, 0.1) is 18.8 Å². The van der Waals surface area contributed by atoms with Gasteiger partial charge in [0.2, 0.25) is 0 Å². The molecule has 0 heterocycles. The van der Waals surface area contributed by atoms with Crippen LogP contribution in [0, 0.1) is 11.8 Å². The van der Waals surface area contributed by atoms with E-state index in [2.05, 4.69) is 18.4 Å². The number of phosphoric ester groups is 1. The standard InChI is InChI=1S/C38H67O11P/c1-3-5-7-8-9-10-11-12-13-14-15-21-25-38(43)49-32(30-48-50(44,45)46)29-47-37(42)24-20-17-16-19-23-33-34(36(41)28-35(33)40)27-26-31(39)22-18-6-4-2/h16,19,26-27,31-35,39-40H,3-15,17-18,20-25,28-30H2,1-2H3,(H2,44,45,46)/b19-16-,27-26+/t31-,32+,33+,34+,35-/m0/s1. The minimum Gasteiger partial charge on any atom is -0.462 e. The number of aliphatic hydroxyl groups excluding tert-OH is 2. The molecule has 1 rings (SSSR count). The van der Waals surface area contributed by atoms with Crippen LogP contribution in [-0.2, 0) is 32.9 Å². The Morgan fingerprint density at radius 3 is 2.02 bits per heavy atom. The second kappa shape index (κ2) is 28.7. The van der Waals surface area contributed by atoms with E-state index in [4.69, 9.17) is 19.3 Å². The quantitative estimate of drug-likeness (QED) is 0.0237. The van der Waals surface area contributed by atoms with Crippen LogP contribution in [0.25, 0.3) is 0 Å². The predicted molar refractivity (Wildman–Crippen MR) is 194 cm³/mol. The highest BCUT2D eigenvalue weighted by Gasteiger charge is 2.39. The molecule has 1 fully saturated rings. The van der Waals surface area contributed by atoms with Gasteiger partial charge in [-0.3, -0.25) is 18.9 Å². The second-order valence-corrected chi connectivity index (χ2v) is 14.9. The minimum absolute atomic E-state index is 0.0322. The molecule has 4 N–H and O–H groups in total. The third-order valence-electron chi connectivity index (χ3n) is 9.10. The molecule has 1 aliphatic carbocycles. The Morgan fingerprint density at radius 2 is 1.40 bits per heavy atom. The first kappa shape index (κ1) is 46.1. The first-order valence-corrected chi connectivity index (χ1v) is 20.8. The van der Waals surface area contributed by atoms with E-state index in [0.29, 0.717) is 32.1 Å². The smallest absolute Gasteiger partial charge is 0.462 e. The molecule has 12 heteroatoms. The summed E-state index contributed by atoms with van der Waals surface area (Å²) in [7, 11) is -4.81. The highest BCUT2D eigenvalue weighted by atomic mass is 31.2. The van der Waals surface area contributed by atoms with Crippen molar-refractivity contribution in [3.05, 3.63) is 24.3 Å². The van der Waals surface area contributed by atoms with Crippen LogP contribution in [0.3, 0.4) is 0 Å². The summed E-state index contributed by atoms with van der Waals surface area (Å²) in [6.45, 7) is 3.33. The molecule has 0 amide bonds. The number of phosphoric acid groups is 1. The van der Waals surface area contributed by atoms with E-state index in [0.717, 1.165) is 38.5 Å². The fourth-order valence-electron chi connectivity index (χ4n) is 6.12. The molecule has 0 aromatic carbocycles. The SMILES string of the molecule is CCCCCCCCCCCCCCC(=O)O[C@H](COC(=O)CCC/C=C\C[C@H]1[C@@H](O)CC(=O)[C@@H]1/C=C/[C@@H](O)CCCCC)COP(=O)(O)O. The van der Waals surface area contributed by atoms with Crippen molar-refractivity contribution < 1.29 is 52.9 Å². The summed E-state index contributed by atoms with van der Waals surface area (Å²) in [5.74, 6) is -1.82. The average molecular weight is 731 g/mol. The Morgan fingerprint density at radius 1 is 0.820 bits per heavy atom. The first-order chi connectivity index (χ1) is 24.0. The monoisotopic (exact) mass is 730 g/mol. The molecule has 0 bridgehead atoms. The number of unbranched alkanes of at least 4 members (excludes halogenated alkanes) is 14. The number of carbonyl (C=O) groups is 3. The molecule has 0 spiro atoms. The molecule has 1 aliphatic rings. The van der Waals surface area contributed by atoms with Gasteiger partial charge in [0.1, 0.15) is 12.4 Å². The van der Waals surface area contributed by atoms with E-state index in [9.17, 15) is 29.2 Å². The van der Waals surface area contributed by atoms with E-state index in [-0.39, 0.29) is 37.6 Å². The number of ketones is 1. The van der Waals surface area contributed by atoms with Crippen molar-refractivity contribution in [1.29, 1.82) is 0 Å². The lowest BCUT2D eigenvalue weighted by Crippen LogP contribution is -2.29. The van der Waals surface area contributed by atoms with Crippen molar-refractivity contribution in [1.82, 2.24) is 0 Å². The zero-order valence-electron chi connectivity index (χ0n) is 30.8. The van der Waals surface area contributed by atoms with Gasteiger partial charge in [0, 0.05) is 31.1 Å². The number of hydrogen-bond donors (Lipinski definition) is 4. The number of carbonyl (C=O) groups excluding carboxylic acids is 3. The number of rotatable bonds is 31. The number of Topliss-reactive ketones (excluding diaryl/α,β-unsaturated/α-hetero) is 1. The summed E-state index contributed by atoms with van der Waals surface area (Å²) in [6, 6.07) is 0. The average Bonchev–Trinajstić information content (AvgIpc) is 3.33. The lowest BCUT2D eigenvalue weighted by molar-refractivity contribution is -0.161. The zero-order valence-corrected chi connectivity index (χ0v) is 31.7. The molecular weight excluding hydrogens is 663 g/mol. The van der Waals surface area contributed by atoms with E-state index >= 15 is 0 Å². The highest BCUT2D eigenvalue weighted by molar-refractivity contribution is 7.46. The van der Waals surface area contributed by atoms with E-state index in [1.807, 2.05) is 12.2 Å². The van der Waals surface area contributed by atoms with Gasteiger partial charge in [-0.15, -0.1) is 0 Å². The Labute approximate surface area is 300 Å². The normalized spacial score (nSPS) is 19.4. The maximum Gasteiger partial charge on any atom is 0.469 e. The molecule has 11 nitrogen and oxygen atoms in total. The molecule has 0 unspecified atom stereocenters. The van der Waals surface area contributed by atoms with Crippen LogP contribution < -0.4 is 0 Å². The topological polar surface area (TPSA) is 177 Å². The molecule has 5 atom stereocenters. The molecule has 0 aromatic rings. The molecular formula is C38H67O11P. The molecule has 1 saturated carbocycles. The molecule has 0 radical (unpaired) electrons. The number of aliphatic hydroxyl groups is 2. The highest BCUT2D eigenvalue weighted by Crippen LogP contribution is 2.36. The fraction of sp³-hybridized carbons (Fsp3) is 0.816. The van der Waals surface area contributed by atoms with Crippen molar-refractivity contribution in [3.63, 3.8) is 0 Å². The second-order valence-electron chi connectivity index (χ2n) is 13.7. The first-order valence-electron chi connectivity index (χ1n) is 19.2. The zero-order chi connectivity index (χ0) is 37.0. The van der Waals surface area contributed by atoms with Gasteiger partial charge < -0.3 is 29.5 Å². The van der Waals surface area contributed by atoms with E-state index in [1.165, 1.54) is 51.4 Å². The summed E-state index contributed by atoms with van der Waals surface area (Å²) in [5, 5.41) is 20.6. The van der Waals surface area contributed by atoms with Gasteiger partial charge in [0.15, 0.2) is 6.10 Å². The summed E-state index contributed by atoms with van der Waals surface area (Å²) < 4.78 is 26.3. The third kappa shape index (κ3) is 24.3. The number of allylic oxidation sites excluding steroid dienone is 3. The van der Waals surface area contributed by atoms with Crippen LogP contribution in [-0.4, -0.2) is 69.2 Å². The van der Waals surface area contributed by atoms with Crippen molar-refractivity contribution in [3.8, 4) is 0 Å². The Kier molecular flexibility index (Phi) is 26.5. The molecule has 50 heavy (non-hydrogen) atoms. The minimum atomic E-state index is -4.81. The maximum absolute atomic E-state index is 12.4. The Hall–Kier alpha value is -1.88. The van der Waals surface area contributed by atoms with Gasteiger partial charge in [-0.1, -0.05) is 128 Å². The Bertz CT molecular complexity index is 1020. The molecule has 0 saturated heterocycles. The van der Waals surface area contributed by atoms with Gasteiger partial charge in [-0.2, -0.15) is 0 Å². The van der Waals surface area contributed by atoms with Crippen LogP contribution in [0.4, 0.5) is 0 Å². The van der Waals surface area contributed by atoms with Crippen LogP contribution in [0.15, 0.2) is 24.3 Å². The molecule has 0 aromatic heterocycles. The lowest BCUT2D eigenvalue weighted by atomic mass is 9.90. The van der Waals surface area contributed by atoms with Gasteiger partial charge in [-0.25, -0.2) is 4.57 Å². The van der Waals surface area contributed by atoms with Crippen molar-refractivity contribution in [2.75, 3.05) is 13.2 Å². The third-order valence-corrected chi connectivity index (χ3v) is 9.59.